The summed E-state index contributed by atoms with van der Waals surface area (Å²) in [5, 5.41) is 10.3. The average molecular weight is 458 g/mol. The predicted molar refractivity (Wildman–Crippen MR) is 120 cm³/mol. The summed E-state index contributed by atoms with van der Waals surface area (Å²) in [6, 6.07) is 10.1. The smallest absolute Gasteiger partial charge is 0.332 e. The number of benzene rings is 2. The second-order valence-corrected chi connectivity index (χ2v) is 7.45. The molecular formula is C24H28FN3O5. The highest BCUT2D eigenvalue weighted by Gasteiger charge is 2.18. The fraction of sp³-hybridized carbons (Fsp3) is 0.417. The minimum absolute atomic E-state index is 0.0423. The molecule has 2 atom stereocenters. The van der Waals surface area contributed by atoms with Crippen LogP contribution >= 0.6 is 0 Å². The number of esters is 1. The van der Waals surface area contributed by atoms with Gasteiger partial charge in [-0.1, -0.05) is 13.0 Å². The van der Waals surface area contributed by atoms with Gasteiger partial charge >= 0.3 is 5.97 Å². The highest BCUT2D eigenvalue weighted by molar-refractivity contribution is 6.04. The number of nitrogens with zero attached hydrogens (tertiary/aromatic N) is 2. The number of azo groups is 1. The van der Waals surface area contributed by atoms with Gasteiger partial charge in [-0.3, -0.25) is 4.79 Å². The molecule has 1 aliphatic rings. The Labute approximate surface area is 192 Å². The van der Waals surface area contributed by atoms with Crippen LogP contribution in [0.4, 0.5) is 15.8 Å². The molecule has 0 aromatic heterocycles. The monoisotopic (exact) mass is 457 g/mol. The second kappa shape index (κ2) is 12.1. The largest absolute Gasteiger partial charge is 0.491 e. The molecule has 0 saturated carbocycles. The molecule has 1 heterocycles. The first-order valence-corrected chi connectivity index (χ1v) is 11.0. The molecule has 2 aromatic rings. The summed E-state index contributed by atoms with van der Waals surface area (Å²) < 4.78 is 31.0. The topological polar surface area (TPSA) is 98.6 Å². The second-order valence-electron chi connectivity index (χ2n) is 7.45. The summed E-state index contributed by atoms with van der Waals surface area (Å²) in [5.41, 5.74) is 0.215. The lowest BCUT2D eigenvalue weighted by atomic mass is 10.2. The molecule has 33 heavy (non-hydrogen) atoms. The lowest BCUT2D eigenvalue weighted by molar-refractivity contribution is -0.144. The summed E-state index contributed by atoms with van der Waals surface area (Å²) in [4.78, 5) is 24.4. The number of hydrogen-bond donors (Lipinski definition) is 1. The third-order valence-corrected chi connectivity index (χ3v) is 5.05. The molecule has 1 aliphatic heterocycles. The van der Waals surface area contributed by atoms with Crippen LogP contribution in [0.2, 0.25) is 0 Å². The van der Waals surface area contributed by atoms with E-state index in [0.29, 0.717) is 24.3 Å². The lowest BCUT2D eigenvalue weighted by Crippen LogP contribution is -2.20. The van der Waals surface area contributed by atoms with Crippen molar-refractivity contribution < 1.29 is 28.2 Å². The molecule has 1 unspecified atom stereocenters. The van der Waals surface area contributed by atoms with E-state index in [-0.39, 0.29) is 24.1 Å². The zero-order valence-corrected chi connectivity index (χ0v) is 18.8. The zero-order valence-electron chi connectivity index (χ0n) is 18.8. The number of carbonyl (C=O) groups excluding carboxylic acids is 2. The number of anilines is 1. The molecule has 0 radical (unpaired) electrons. The van der Waals surface area contributed by atoms with Gasteiger partial charge in [0, 0.05) is 12.2 Å². The highest BCUT2D eigenvalue weighted by atomic mass is 19.1. The third-order valence-electron chi connectivity index (χ3n) is 5.05. The van der Waals surface area contributed by atoms with Crippen LogP contribution in [-0.4, -0.2) is 43.8 Å². The number of carbonyl (C=O) groups is 2. The van der Waals surface area contributed by atoms with Gasteiger partial charge in [0.05, 0.1) is 18.4 Å². The van der Waals surface area contributed by atoms with Gasteiger partial charge in [-0.25, -0.2) is 9.18 Å². The van der Waals surface area contributed by atoms with Crippen molar-refractivity contribution >= 4 is 23.3 Å². The molecule has 1 saturated heterocycles. The first-order chi connectivity index (χ1) is 16.0. The van der Waals surface area contributed by atoms with Crippen molar-refractivity contribution in [1.29, 1.82) is 0 Å². The molecule has 176 valence electrons. The molecule has 3 rings (SSSR count). The Balaban J connectivity index is 1.62. The van der Waals surface area contributed by atoms with Crippen molar-refractivity contribution in [3.05, 3.63) is 53.8 Å². The fourth-order valence-corrected chi connectivity index (χ4v) is 3.22. The predicted octanol–water partition coefficient (Wildman–Crippen LogP) is 5.06. The van der Waals surface area contributed by atoms with Gasteiger partial charge in [-0.05, 0) is 62.6 Å². The molecule has 0 aliphatic carbocycles. The van der Waals surface area contributed by atoms with Gasteiger partial charge in [0.1, 0.15) is 18.0 Å². The lowest BCUT2D eigenvalue weighted by Gasteiger charge is -2.12. The van der Waals surface area contributed by atoms with Crippen LogP contribution in [0.5, 0.6) is 5.75 Å². The number of halogens is 1. The number of rotatable bonds is 10. The van der Waals surface area contributed by atoms with Crippen molar-refractivity contribution in [2.75, 3.05) is 25.1 Å². The van der Waals surface area contributed by atoms with Gasteiger partial charge in [-0.2, -0.15) is 10.2 Å². The quantitative estimate of drug-likeness (QED) is 0.397. The number of ether oxygens (including phenoxy) is 3. The van der Waals surface area contributed by atoms with Gasteiger partial charge in [0.15, 0.2) is 11.9 Å². The fourth-order valence-electron chi connectivity index (χ4n) is 3.22. The Morgan fingerprint density at radius 1 is 1.21 bits per heavy atom. The normalized spacial score (nSPS) is 16.5. The van der Waals surface area contributed by atoms with E-state index in [1.165, 1.54) is 12.1 Å². The van der Waals surface area contributed by atoms with Crippen molar-refractivity contribution in [2.24, 2.45) is 10.2 Å². The SMILES string of the molecule is CCOC(=O)C(CC)N=Nc1cccc(NC(=O)c2ccc(OC[C@@H]3CCCO3)cc2)c1F. The highest BCUT2D eigenvalue weighted by Crippen LogP contribution is 2.26. The summed E-state index contributed by atoms with van der Waals surface area (Å²) in [6.07, 6.45) is 2.49. The molecule has 1 fully saturated rings. The Morgan fingerprint density at radius 2 is 2.00 bits per heavy atom. The Morgan fingerprint density at radius 3 is 2.67 bits per heavy atom. The summed E-state index contributed by atoms with van der Waals surface area (Å²) in [6.45, 7) is 4.90. The first kappa shape index (κ1) is 24.3. The van der Waals surface area contributed by atoms with Crippen LogP contribution in [0.25, 0.3) is 0 Å². The van der Waals surface area contributed by atoms with Crippen LogP contribution in [-0.2, 0) is 14.3 Å². The summed E-state index contributed by atoms with van der Waals surface area (Å²) >= 11 is 0. The average Bonchev–Trinajstić information content (AvgIpc) is 3.34. The van der Waals surface area contributed by atoms with E-state index in [1.54, 1.807) is 44.2 Å². The first-order valence-electron chi connectivity index (χ1n) is 11.0. The Hall–Kier alpha value is -3.33. The van der Waals surface area contributed by atoms with Crippen molar-refractivity contribution in [2.45, 2.75) is 45.3 Å². The maximum Gasteiger partial charge on any atom is 0.332 e. The summed E-state index contributed by atoms with van der Waals surface area (Å²) in [7, 11) is 0. The van der Waals surface area contributed by atoms with Crippen LogP contribution in [0.15, 0.2) is 52.7 Å². The van der Waals surface area contributed by atoms with Crippen LogP contribution in [0.1, 0.15) is 43.5 Å². The van der Waals surface area contributed by atoms with E-state index in [9.17, 15) is 14.0 Å². The third kappa shape index (κ3) is 6.82. The van der Waals surface area contributed by atoms with Gasteiger partial charge in [0.2, 0.25) is 0 Å². The van der Waals surface area contributed by atoms with E-state index >= 15 is 0 Å². The van der Waals surface area contributed by atoms with Crippen molar-refractivity contribution in [3.8, 4) is 5.75 Å². The van der Waals surface area contributed by atoms with E-state index in [2.05, 4.69) is 15.5 Å². The molecular weight excluding hydrogens is 429 g/mol. The zero-order chi connectivity index (χ0) is 23.6. The van der Waals surface area contributed by atoms with E-state index in [4.69, 9.17) is 14.2 Å². The molecule has 2 aromatic carbocycles. The van der Waals surface area contributed by atoms with E-state index in [0.717, 1.165) is 19.4 Å². The molecule has 1 N–H and O–H groups in total. The number of nitrogens with one attached hydrogen (secondary N) is 1. The number of amides is 1. The Kier molecular flexibility index (Phi) is 8.88. The standard InChI is InChI=1S/C24H28FN3O5/c1-3-19(24(30)31-4-2)27-28-21-9-5-8-20(22(21)25)26-23(29)16-10-12-17(13-11-16)33-15-18-7-6-14-32-18/h5,8-13,18-19H,3-4,6-7,14-15H2,1-2H3,(H,26,29)/t18-,19?/m0/s1. The van der Waals surface area contributed by atoms with Crippen LogP contribution in [0, 0.1) is 5.82 Å². The molecule has 8 nitrogen and oxygen atoms in total. The molecule has 0 bridgehead atoms. The van der Waals surface area contributed by atoms with Gasteiger partial charge in [0.25, 0.3) is 5.91 Å². The maximum atomic E-state index is 14.8. The van der Waals surface area contributed by atoms with Crippen molar-refractivity contribution in [3.63, 3.8) is 0 Å². The van der Waals surface area contributed by atoms with E-state index in [1.807, 2.05) is 0 Å². The van der Waals surface area contributed by atoms with Crippen molar-refractivity contribution in [1.82, 2.24) is 0 Å². The van der Waals surface area contributed by atoms with E-state index < -0.39 is 23.7 Å². The van der Waals surface area contributed by atoms with Gasteiger partial charge in [-0.15, -0.1) is 0 Å². The van der Waals surface area contributed by atoms with Gasteiger partial charge < -0.3 is 19.5 Å². The maximum absolute atomic E-state index is 14.8. The molecule has 9 heteroatoms. The summed E-state index contributed by atoms with van der Waals surface area (Å²) in [5.74, 6) is -1.11. The molecule has 0 spiro atoms. The Bertz CT molecular complexity index is 975. The minimum atomic E-state index is -0.816. The number of hydrogen-bond acceptors (Lipinski definition) is 7. The van der Waals surface area contributed by atoms with Crippen LogP contribution < -0.4 is 10.1 Å². The minimum Gasteiger partial charge on any atom is -0.491 e. The molecule has 1 amide bonds. The van der Waals surface area contributed by atoms with Crippen LogP contribution in [0.3, 0.4) is 0 Å².